The van der Waals surface area contributed by atoms with Crippen LogP contribution in [0, 0.1) is 6.92 Å². The van der Waals surface area contributed by atoms with E-state index in [1.807, 2.05) is 36.1 Å². The lowest BCUT2D eigenvalue weighted by molar-refractivity contribution is -0.128. The quantitative estimate of drug-likeness (QED) is 0.868. The Hall–Kier alpha value is -2.08. The van der Waals surface area contributed by atoms with E-state index in [1.54, 1.807) is 31.3 Å². The predicted octanol–water partition coefficient (Wildman–Crippen LogP) is 2.57. The topological polar surface area (TPSA) is 55.3 Å². The number of amides is 1. The van der Waals surface area contributed by atoms with Gasteiger partial charge in [-0.05, 0) is 24.6 Å². The van der Waals surface area contributed by atoms with Gasteiger partial charge in [-0.25, -0.2) is 0 Å². The molecule has 22 heavy (non-hydrogen) atoms. The molecule has 1 fully saturated rings. The van der Waals surface area contributed by atoms with Gasteiger partial charge in [0.1, 0.15) is 11.1 Å². The summed E-state index contributed by atoms with van der Waals surface area (Å²) in [6, 6.07) is 7.84. The fourth-order valence-corrected chi connectivity index (χ4v) is 3.53. The van der Waals surface area contributed by atoms with Gasteiger partial charge in [0.15, 0.2) is 0 Å². The van der Waals surface area contributed by atoms with Crippen LogP contribution < -0.4 is 4.74 Å². The summed E-state index contributed by atoms with van der Waals surface area (Å²) >= 11 is 1.63. The smallest absolute Gasteiger partial charge is 0.234 e. The van der Waals surface area contributed by atoms with E-state index >= 15 is 0 Å². The van der Waals surface area contributed by atoms with Crippen LogP contribution in [-0.2, 0) is 11.3 Å². The predicted molar refractivity (Wildman–Crippen MR) is 85.5 cm³/mol. The Balaban J connectivity index is 1.80. The summed E-state index contributed by atoms with van der Waals surface area (Å²) in [6.07, 6.45) is 3.46. The molecule has 3 rings (SSSR count). The third-order valence-corrected chi connectivity index (χ3v) is 4.79. The molecule has 1 aromatic heterocycles. The number of hydrogen-bond donors (Lipinski definition) is 0. The van der Waals surface area contributed by atoms with Crippen LogP contribution in [0.3, 0.4) is 0 Å². The molecule has 0 N–H and O–H groups in total. The highest BCUT2D eigenvalue weighted by Crippen LogP contribution is 2.39. The van der Waals surface area contributed by atoms with E-state index in [0.29, 0.717) is 12.3 Å². The van der Waals surface area contributed by atoms with E-state index in [2.05, 4.69) is 9.97 Å². The third kappa shape index (κ3) is 3.06. The molecule has 0 saturated carbocycles. The summed E-state index contributed by atoms with van der Waals surface area (Å²) in [5.74, 6) is 1.44. The highest BCUT2D eigenvalue weighted by atomic mass is 32.2. The van der Waals surface area contributed by atoms with Gasteiger partial charge in [0.05, 0.1) is 37.0 Å². The number of carbonyl (C=O) groups is 1. The molecule has 2 heterocycles. The molecule has 2 aromatic rings. The van der Waals surface area contributed by atoms with Gasteiger partial charge in [0, 0.05) is 6.20 Å². The van der Waals surface area contributed by atoms with Gasteiger partial charge in [-0.2, -0.15) is 0 Å². The van der Waals surface area contributed by atoms with Crippen molar-refractivity contribution in [1.82, 2.24) is 14.9 Å². The van der Waals surface area contributed by atoms with Crippen molar-refractivity contribution in [1.29, 1.82) is 0 Å². The summed E-state index contributed by atoms with van der Waals surface area (Å²) in [5, 5.41) is 0.0153. The minimum atomic E-state index is 0.0153. The number of benzene rings is 1. The molecule has 1 unspecified atom stereocenters. The first kappa shape index (κ1) is 14.8. The van der Waals surface area contributed by atoms with Crippen molar-refractivity contribution in [2.24, 2.45) is 0 Å². The molecule has 0 bridgehead atoms. The second-order valence-corrected chi connectivity index (χ2v) is 6.18. The van der Waals surface area contributed by atoms with Crippen molar-refractivity contribution in [3.8, 4) is 5.75 Å². The van der Waals surface area contributed by atoms with Crippen molar-refractivity contribution < 1.29 is 9.53 Å². The molecular weight excluding hydrogens is 298 g/mol. The van der Waals surface area contributed by atoms with Crippen molar-refractivity contribution in [3.63, 3.8) is 0 Å². The Morgan fingerprint density at radius 2 is 2.05 bits per heavy atom. The minimum absolute atomic E-state index is 0.0153. The Morgan fingerprint density at radius 1 is 1.27 bits per heavy atom. The SMILES string of the molecule is COc1ccc(C2SCC(=O)N2Cc2cnc(C)cn2)cc1. The highest BCUT2D eigenvalue weighted by molar-refractivity contribution is 8.00. The first-order chi connectivity index (χ1) is 10.7. The largest absolute Gasteiger partial charge is 0.497 e. The molecule has 0 aliphatic carbocycles. The Labute approximate surface area is 133 Å². The second-order valence-electron chi connectivity index (χ2n) is 5.11. The van der Waals surface area contributed by atoms with Crippen LogP contribution in [-0.4, -0.2) is 33.6 Å². The molecule has 114 valence electrons. The van der Waals surface area contributed by atoms with Gasteiger partial charge in [-0.15, -0.1) is 11.8 Å². The van der Waals surface area contributed by atoms with Gasteiger partial charge in [-0.3, -0.25) is 14.8 Å². The number of rotatable bonds is 4. The van der Waals surface area contributed by atoms with Crippen LogP contribution in [0.5, 0.6) is 5.75 Å². The molecule has 1 amide bonds. The monoisotopic (exact) mass is 315 g/mol. The van der Waals surface area contributed by atoms with Crippen LogP contribution in [0.4, 0.5) is 0 Å². The number of aryl methyl sites for hydroxylation is 1. The maximum absolute atomic E-state index is 12.2. The van der Waals surface area contributed by atoms with Gasteiger partial charge in [0.25, 0.3) is 0 Å². The summed E-state index contributed by atoms with van der Waals surface area (Å²) in [7, 11) is 1.64. The lowest BCUT2D eigenvalue weighted by Gasteiger charge is -2.24. The summed E-state index contributed by atoms with van der Waals surface area (Å²) in [6.45, 7) is 2.38. The van der Waals surface area contributed by atoms with E-state index in [0.717, 1.165) is 22.7 Å². The number of nitrogens with zero attached hydrogens (tertiary/aromatic N) is 3. The van der Waals surface area contributed by atoms with Crippen LogP contribution in [0.1, 0.15) is 22.3 Å². The zero-order valence-corrected chi connectivity index (χ0v) is 13.3. The summed E-state index contributed by atoms with van der Waals surface area (Å²) < 4.78 is 5.18. The van der Waals surface area contributed by atoms with Crippen LogP contribution >= 0.6 is 11.8 Å². The molecule has 5 nitrogen and oxygen atoms in total. The average Bonchev–Trinajstić information content (AvgIpc) is 2.91. The zero-order valence-electron chi connectivity index (χ0n) is 12.5. The maximum Gasteiger partial charge on any atom is 0.234 e. The van der Waals surface area contributed by atoms with E-state index < -0.39 is 0 Å². The standard InChI is InChI=1S/C16H17N3O2S/c1-11-7-18-13(8-17-11)9-19-15(20)10-22-16(19)12-3-5-14(21-2)6-4-12/h3-8,16H,9-10H2,1-2H3. The van der Waals surface area contributed by atoms with E-state index in [4.69, 9.17) is 4.74 Å². The number of thioether (sulfide) groups is 1. The average molecular weight is 315 g/mol. The van der Waals surface area contributed by atoms with Gasteiger partial charge in [-0.1, -0.05) is 12.1 Å². The van der Waals surface area contributed by atoms with E-state index in [1.165, 1.54) is 0 Å². The van der Waals surface area contributed by atoms with Gasteiger partial charge in [0.2, 0.25) is 5.91 Å². The number of hydrogen-bond acceptors (Lipinski definition) is 5. The normalized spacial score (nSPS) is 17.8. The number of methoxy groups -OCH3 is 1. The highest BCUT2D eigenvalue weighted by Gasteiger charge is 2.33. The van der Waals surface area contributed by atoms with Gasteiger partial charge < -0.3 is 9.64 Å². The number of aromatic nitrogens is 2. The first-order valence-electron chi connectivity index (χ1n) is 7.00. The molecule has 0 spiro atoms. The number of ether oxygens (including phenoxy) is 1. The second kappa shape index (κ2) is 6.36. The zero-order chi connectivity index (χ0) is 15.5. The van der Waals surface area contributed by atoms with Crippen molar-refractivity contribution in [2.45, 2.75) is 18.8 Å². The van der Waals surface area contributed by atoms with Crippen molar-refractivity contribution in [2.75, 3.05) is 12.9 Å². The van der Waals surface area contributed by atoms with Gasteiger partial charge >= 0.3 is 0 Å². The molecule has 1 aliphatic heterocycles. The van der Waals surface area contributed by atoms with Crippen LogP contribution in [0.15, 0.2) is 36.7 Å². The molecular formula is C16H17N3O2S. The Bertz CT molecular complexity index is 658. The molecule has 0 radical (unpaired) electrons. The Morgan fingerprint density at radius 3 is 2.68 bits per heavy atom. The lowest BCUT2D eigenvalue weighted by atomic mass is 10.2. The molecule has 1 aliphatic rings. The third-order valence-electron chi connectivity index (χ3n) is 3.54. The molecule has 6 heteroatoms. The summed E-state index contributed by atoms with van der Waals surface area (Å²) in [4.78, 5) is 22.6. The lowest BCUT2D eigenvalue weighted by Crippen LogP contribution is -2.28. The van der Waals surface area contributed by atoms with Crippen LogP contribution in [0.25, 0.3) is 0 Å². The molecule has 1 saturated heterocycles. The fourth-order valence-electron chi connectivity index (χ4n) is 2.35. The molecule has 1 aromatic carbocycles. The van der Waals surface area contributed by atoms with E-state index in [-0.39, 0.29) is 11.3 Å². The minimum Gasteiger partial charge on any atom is -0.497 e. The fraction of sp³-hybridized carbons (Fsp3) is 0.312. The van der Waals surface area contributed by atoms with Crippen molar-refractivity contribution >= 4 is 17.7 Å². The summed E-state index contributed by atoms with van der Waals surface area (Å²) in [5.41, 5.74) is 2.77. The Kier molecular flexibility index (Phi) is 4.29. The van der Waals surface area contributed by atoms with Crippen LogP contribution in [0.2, 0.25) is 0 Å². The van der Waals surface area contributed by atoms with E-state index in [9.17, 15) is 4.79 Å². The van der Waals surface area contributed by atoms with Crippen molar-refractivity contribution in [3.05, 3.63) is 53.6 Å². The number of carbonyl (C=O) groups excluding carboxylic acids is 1. The maximum atomic E-state index is 12.2. The first-order valence-corrected chi connectivity index (χ1v) is 8.05. The molecule has 1 atom stereocenters.